The fourth-order valence-corrected chi connectivity index (χ4v) is 4.15. The molecule has 112 valence electrons. The molecule has 1 aromatic heterocycles. The maximum absolute atomic E-state index is 10.3. The van der Waals surface area contributed by atoms with Crippen molar-refractivity contribution in [1.82, 2.24) is 4.57 Å². The largest absolute Gasteiger partial charge is 0.388 e. The monoisotopic (exact) mass is 275 g/mol. The summed E-state index contributed by atoms with van der Waals surface area (Å²) in [6.45, 7) is 8.09. The lowest BCUT2D eigenvalue weighted by molar-refractivity contribution is 0.0974. The zero-order valence-electron chi connectivity index (χ0n) is 13.2. The van der Waals surface area contributed by atoms with Gasteiger partial charge in [0.05, 0.1) is 6.10 Å². The second-order valence-electron chi connectivity index (χ2n) is 8.06. The first-order chi connectivity index (χ1) is 9.44. The van der Waals surface area contributed by atoms with Crippen molar-refractivity contribution in [3.8, 4) is 0 Å². The average Bonchev–Trinajstić information content (AvgIpc) is 2.74. The van der Waals surface area contributed by atoms with Crippen molar-refractivity contribution in [2.24, 2.45) is 17.3 Å². The van der Waals surface area contributed by atoms with Crippen LogP contribution in [-0.4, -0.2) is 9.67 Å². The summed E-state index contributed by atoms with van der Waals surface area (Å²) < 4.78 is 2.44. The first-order valence-corrected chi connectivity index (χ1v) is 8.30. The smallest absolute Gasteiger partial charge is 0.0812 e. The molecule has 2 aliphatic rings. The highest BCUT2D eigenvalue weighted by molar-refractivity contribution is 5.29. The number of hydrogen-bond donors (Lipinski definition) is 1. The number of aliphatic hydroxyl groups is 1. The molecule has 2 nitrogen and oxygen atoms in total. The number of aromatic nitrogens is 1. The molecule has 1 unspecified atom stereocenters. The van der Waals surface area contributed by atoms with E-state index in [1.54, 1.807) is 0 Å². The predicted octanol–water partition coefficient (Wildman–Crippen LogP) is 4.32. The highest BCUT2D eigenvalue weighted by Gasteiger charge is 2.33. The van der Waals surface area contributed by atoms with E-state index < -0.39 is 0 Å². The molecule has 0 aromatic carbocycles. The Labute approximate surface area is 123 Å². The maximum atomic E-state index is 10.3. The van der Waals surface area contributed by atoms with Gasteiger partial charge in [-0.05, 0) is 49.0 Å². The molecule has 1 N–H and O–H groups in total. The zero-order valence-corrected chi connectivity index (χ0v) is 13.2. The van der Waals surface area contributed by atoms with Gasteiger partial charge < -0.3 is 9.67 Å². The summed E-state index contributed by atoms with van der Waals surface area (Å²) in [6, 6.07) is 2.15. The SMILES string of the molecule is CC1CCC(Cn2ccc3c2CC(C)(C)CC3O)CC1. The third-order valence-corrected chi connectivity index (χ3v) is 5.46. The summed E-state index contributed by atoms with van der Waals surface area (Å²) in [4.78, 5) is 0. The fraction of sp³-hybridized carbons (Fsp3) is 0.778. The van der Waals surface area contributed by atoms with Crippen LogP contribution >= 0.6 is 0 Å². The highest BCUT2D eigenvalue weighted by atomic mass is 16.3. The van der Waals surface area contributed by atoms with Crippen molar-refractivity contribution < 1.29 is 5.11 Å². The van der Waals surface area contributed by atoms with Gasteiger partial charge in [-0.3, -0.25) is 0 Å². The molecular formula is C18H29NO. The van der Waals surface area contributed by atoms with Crippen LogP contribution in [0.2, 0.25) is 0 Å². The van der Waals surface area contributed by atoms with Crippen LogP contribution in [0.5, 0.6) is 0 Å². The van der Waals surface area contributed by atoms with Gasteiger partial charge in [0, 0.05) is 24.0 Å². The van der Waals surface area contributed by atoms with E-state index in [9.17, 15) is 5.11 Å². The summed E-state index contributed by atoms with van der Waals surface area (Å²) in [6.07, 6.45) is 9.49. The topological polar surface area (TPSA) is 25.2 Å². The van der Waals surface area contributed by atoms with Crippen molar-refractivity contribution >= 4 is 0 Å². The Morgan fingerprint density at radius 2 is 1.95 bits per heavy atom. The lowest BCUT2D eigenvalue weighted by Gasteiger charge is -2.35. The molecule has 0 spiro atoms. The Hall–Kier alpha value is -0.760. The lowest BCUT2D eigenvalue weighted by atomic mass is 9.75. The Morgan fingerprint density at radius 3 is 2.65 bits per heavy atom. The second kappa shape index (κ2) is 5.22. The van der Waals surface area contributed by atoms with Crippen LogP contribution in [0.1, 0.15) is 70.2 Å². The molecular weight excluding hydrogens is 246 g/mol. The molecule has 0 saturated heterocycles. The van der Waals surface area contributed by atoms with Crippen LogP contribution in [0, 0.1) is 17.3 Å². The molecule has 1 atom stereocenters. The summed E-state index contributed by atoms with van der Waals surface area (Å²) in [5.41, 5.74) is 2.81. The van der Waals surface area contributed by atoms with E-state index in [1.807, 2.05) is 0 Å². The molecule has 1 heterocycles. The van der Waals surface area contributed by atoms with Gasteiger partial charge >= 0.3 is 0 Å². The van der Waals surface area contributed by atoms with E-state index in [0.29, 0.717) is 0 Å². The second-order valence-corrected chi connectivity index (χ2v) is 8.06. The molecule has 20 heavy (non-hydrogen) atoms. The van der Waals surface area contributed by atoms with Gasteiger partial charge in [-0.1, -0.05) is 33.6 Å². The third kappa shape index (κ3) is 2.81. The van der Waals surface area contributed by atoms with Crippen LogP contribution in [0.25, 0.3) is 0 Å². The first kappa shape index (κ1) is 14.2. The van der Waals surface area contributed by atoms with Crippen molar-refractivity contribution in [1.29, 1.82) is 0 Å². The zero-order chi connectivity index (χ0) is 14.3. The third-order valence-electron chi connectivity index (χ3n) is 5.46. The maximum Gasteiger partial charge on any atom is 0.0812 e. The van der Waals surface area contributed by atoms with Crippen LogP contribution < -0.4 is 0 Å². The summed E-state index contributed by atoms with van der Waals surface area (Å²) in [7, 11) is 0. The van der Waals surface area contributed by atoms with E-state index in [0.717, 1.165) is 31.2 Å². The molecule has 1 fully saturated rings. The Bertz CT molecular complexity index is 466. The van der Waals surface area contributed by atoms with Gasteiger partial charge in [0.2, 0.25) is 0 Å². The number of hydrogen-bond acceptors (Lipinski definition) is 1. The summed E-state index contributed by atoms with van der Waals surface area (Å²) in [5.74, 6) is 1.76. The minimum absolute atomic E-state index is 0.226. The average molecular weight is 275 g/mol. The number of fused-ring (bicyclic) bond motifs is 1. The number of rotatable bonds is 2. The van der Waals surface area contributed by atoms with Gasteiger partial charge in [0.25, 0.3) is 0 Å². The van der Waals surface area contributed by atoms with Crippen LogP contribution in [-0.2, 0) is 13.0 Å². The van der Waals surface area contributed by atoms with Crippen molar-refractivity contribution in [3.63, 3.8) is 0 Å². The van der Waals surface area contributed by atoms with Gasteiger partial charge in [0.1, 0.15) is 0 Å². The Morgan fingerprint density at radius 1 is 1.25 bits per heavy atom. The van der Waals surface area contributed by atoms with E-state index in [4.69, 9.17) is 0 Å². The van der Waals surface area contributed by atoms with Gasteiger partial charge in [-0.15, -0.1) is 0 Å². The Kier molecular flexibility index (Phi) is 3.70. The molecule has 2 heteroatoms. The summed E-state index contributed by atoms with van der Waals surface area (Å²) in [5, 5.41) is 10.3. The standard InChI is InChI=1S/C18H29NO/c1-13-4-6-14(7-5-13)12-19-9-8-15-16(19)10-18(2,3)11-17(15)20/h8-9,13-14,17,20H,4-7,10-12H2,1-3H3. The van der Waals surface area contributed by atoms with Crippen LogP contribution in [0.15, 0.2) is 12.3 Å². The molecule has 3 rings (SSSR count). The fourth-order valence-electron chi connectivity index (χ4n) is 4.15. The van der Waals surface area contributed by atoms with Gasteiger partial charge in [-0.2, -0.15) is 0 Å². The van der Waals surface area contributed by atoms with Crippen LogP contribution in [0.3, 0.4) is 0 Å². The number of aliphatic hydroxyl groups excluding tert-OH is 1. The van der Waals surface area contributed by atoms with E-state index in [2.05, 4.69) is 37.6 Å². The predicted molar refractivity (Wildman–Crippen MR) is 82.6 cm³/mol. The quantitative estimate of drug-likeness (QED) is 0.854. The van der Waals surface area contributed by atoms with Crippen molar-refractivity contribution in [2.45, 2.75) is 71.9 Å². The molecule has 0 radical (unpaired) electrons. The summed E-state index contributed by atoms with van der Waals surface area (Å²) >= 11 is 0. The van der Waals surface area contributed by atoms with Gasteiger partial charge in [0.15, 0.2) is 0 Å². The molecule has 1 saturated carbocycles. The van der Waals surface area contributed by atoms with Crippen molar-refractivity contribution in [2.75, 3.05) is 0 Å². The molecule has 1 aromatic rings. The first-order valence-electron chi connectivity index (χ1n) is 8.30. The molecule has 2 aliphatic carbocycles. The lowest BCUT2D eigenvalue weighted by Crippen LogP contribution is -2.28. The molecule has 0 bridgehead atoms. The Balaban J connectivity index is 1.75. The van der Waals surface area contributed by atoms with E-state index >= 15 is 0 Å². The van der Waals surface area contributed by atoms with Crippen molar-refractivity contribution in [3.05, 3.63) is 23.5 Å². The minimum atomic E-state index is -0.263. The highest BCUT2D eigenvalue weighted by Crippen LogP contribution is 2.41. The van der Waals surface area contributed by atoms with E-state index in [-0.39, 0.29) is 11.5 Å². The molecule has 0 amide bonds. The van der Waals surface area contributed by atoms with Gasteiger partial charge in [-0.25, -0.2) is 0 Å². The van der Waals surface area contributed by atoms with E-state index in [1.165, 1.54) is 36.9 Å². The number of nitrogens with zero attached hydrogens (tertiary/aromatic N) is 1. The molecule has 0 aliphatic heterocycles. The van der Waals surface area contributed by atoms with Crippen LogP contribution in [0.4, 0.5) is 0 Å². The normalized spacial score (nSPS) is 32.9. The minimum Gasteiger partial charge on any atom is -0.388 e.